The number of rotatable bonds is 6. The van der Waals surface area contributed by atoms with Gasteiger partial charge in [0.05, 0.1) is 5.69 Å². The molecule has 0 amide bonds. The molecule has 30 heavy (non-hydrogen) atoms. The minimum Gasteiger partial charge on any atom is -0.455 e. The Morgan fingerprint density at radius 1 is 1.23 bits per heavy atom. The molecule has 0 atom stereocenters. The number of aryl methyl sites for hydroxylation is 2. The van der Waals surface area contributed by atoms with Gasteiger partial charge >= 0.3 is 5.97 Å². The van der Waals surface area contributed by atoms with Crippen LogP contribution in [0.15, 0.2) is 40.7 Å². The summed E-state index contributed by atoms with van der Waals surface area (Å²) in [6, 6.07) is 10.5. The first kappa shape index (κ1) is 21.1. The Kier molecular flexibility index (Phi) is 6.17. The van der Waals surface area contributed by atoms with Crippen molar-refractivity contribution in [1.82, 2.24) is 14.0 Å². The summed E-state index contributed by atoms with van der Waals surface area (Å²) >= 11 is 0. The molecule has 0 saturated carbocycles. The fourth-order valence-corrected chi connectivity index (χ4v) is 3.49. The molecule has 0 bridgehead atoms. The maximum absolute atomic E-state index is 12.5. The van der Waals surface area contributed by atoms with E-state index < -0.39 is 5.97 Å². The summed E-state index contributed by atoms with van der Waals surface area (Å²) < 4.78 is 8.90. The van der Waals surface area contributed by atoms with Crippen LogP contribution < -0.4 is 5.56 Å². The third-order valence-electron chi connectivity index (χ3n) is 4.98. The van der Waals surface area contributed by atoms with Crippen molar-refractivity contribution in [2.45, 2.75) is 47.3 Å². The molecule has 0 aliphatic heterocycles. The third kappa shape index (κ3) is 4.18. The Morgan fingerprint density at radius 2 is 2.00 bits per heavy atom. The lowest BCUT2D eigenvalue weighted by Gasteiger charge is -2.08. The summed E-state index contributed by atoms with van der Waals surface area (Å²) in [6.07, 6.45) is 2.54. The normalized spacial score (nSPS) is 11.5. The van der Waals surface area contributed by atoms with Crippen molar-refractivity contribution < 1.29 is 9.53 Å². The van der Waals surface area contributed by atoms with E-state index in [1.54, 1.807) is 18.2 Å². The van der Waals surface area contributed by atoms with E-state index in [0.717, 1.165) is 35.6 Å². The smallest absolute Gasteiger partial charge is 0.349 e. The van der Waals surface area contributed by atoms with E-state index in [-0.39, 0.29) is 17.7 Å². The Labute approximate surface area is 174 Å². The Morgan fingerprint density at radius 3 is 2.70 bits per heavy atom. The SMILES string of the molecule is CCCn1c(C)cc(/C=C(\C#N)C(=O)OCc2cc(=O)n3c(C)cccc3n2)c1C. The summed E-state index contributed by atoms with van der Waals surface area (Å²) in [7, 11) is 0. The van der Waals surface area contributed by atoms with Crippen LogP contribution in [-0.2, 0) is 22.7 Å². The average molecular weight is 404 g/mol. The van der Waals surface area contributed by atoms with Gasteiger partial charge in [-0.2, -0.15) is 5.26 Å². The van der Waals surface area contributed by atoms with E-state index >= 15 is 0 Å². The Hall–Kier alpha value is -3.66. The minimum absolute atomic E-state index is 0.0971. The van der Waals surface area contributed by atoms with Crippen LogP contribution in [0.1, 0.15) is 41.7 Å². The highest BCUT2D eigenvalue weighted by Crippen LogP contribution is 2.19. The molecule has 3 heterocycles. The molecule has 154 valence electrons. The third-order valence-corrected chi connectivity index (χ3v) is 4.98. The molecular formula is C23H24N4O3. The summed E-state index contributed by atoms with van der Waals surface area (Å²) in [4.78, 5) is 29.2. The largest absolute Gasteiger partial charge is 0.455 e. The number of hydrogen-bond acceptors (Lipinski definition) is 5. The first-order chi connectivity index (χ1) is 14.3. The predicted octanol–water partition coefficient (Wildman–Crippen LogP) is 3.48. The van der Waals surface area contributed by atoms with Crippen LogP contribution >= 0.6 is 0 Å². The number of carbonyl (C=O) groups is 1. The van der Waals surface area contributed by atoms with Crippen molar-refractivity contribution in [2.75, 3.05) is 0 Å². The zero-order valence-corrected chi connectivity index (χ0v) is 17.6. The second-order valence-corrected chi connectivity index (χ2v) is 7.17. The van der Waals surface area contributed by atoms with Gasteiger partial charge in [-0.05, 0) is 57.0 Å². The highest BCUT2D eigenvalue weighted by Gasteiger charge is 2.15. The lowest BCUT2D eigenvalue weighted by Crippen LogP contribution is -2.18. The summed E-state index contributed by atoms with van der Waals surface area (Å²) in [5, 5.41) is 9.45. The van der Waals surface area contributed by atoms with E-state index in [1.807, 2.05) is 39.0 Å². The molecule has 0 fully saturated rings. The maximum atomic E-state index is 12.5. The quantitative estimate of drug-likeness (QED) is 0.356. The summed E-state index contributed by atoms with van der Waals surface area (Å²) in [5.41, 5.74) is 4.11. The van der Waals surface area contributed by atoms with Crippen LogP contribution in [0.4, 0.5) is 0 Å². The van der Waals surface area contributed by atoms with Gasteiger partial charge in [-0.15, -0.1) is 0 Å². The number of carbonyl (C=O) groups excluding carboxylic acids is 1. The second-order valence-electron chi connectivity index (χ2n) is 7.17. The molecule has 7 nitrogen and oxygen atoms in total. The Bertz CT molecular complexity index is 1240. The molecule has 3 rings (SSSR count). The first-order valence-electron chi connectivity index (χ1n) is 9.79. The number of aromatic nitrogens is 3. The molecule has 3 aromatic rings. The van der Waals surface area contributed by atoms with Crippen LogP contribution in [0.25, 0.3) is 11.7 Å². The Balaban J connectivity index is 1.81. The van der Waals surface area contributed by atoms with Gasteiger partial charge in [-0.25, -0.2) is 9.78 Å². The number of ether oxygens (including phenoxy) is 1. The zero-order chi connectivity index (χ0) is 21.8. The van der Waals surface area contributed by atoms with Crippen molar-refractivity contribution in [2.24, 2.45) is 0 Å². The van der Waals surface area contributed by atoms with Crippen molar-refractivity contribution in [3.05, 3.63) is 74.6 Å². The molecule has 0 aliphatic rings. The van der Waals surface area contributed by atoms with E-state index in [2.05, 4.69) is 16.5 Å². The van der Waals surface area contributed by atoms with Crippen LogP contribution in [0.3, 0.4) is 0 Å². The topological polar surface area (TPSA) is 89.4 Å². The van der Waals surface area contributed by atoms with Crippen LogP contribution in [0, 0.1) is 32.1 Å². The molecule has 0 radical (unpaired) electrons. The number of hydrogen-bond donors (Lipinski definition) is 0. The number of pyridine rings is 1. The van der Waals surface area contributed by atoms with E-state index in [0.29, 0.717) is 11.3 Å². The molecule has 0 spiro atoms. The number of nitriles is 1. The second kappa shape index (κ2) is 8.78. The van der Waals surface area contributed by atoms with E-state index in [1.165, 1.54) is 10.5 Å². The molecule has 0 saturated heterocycles. The van der Waals surface area contributed by atoms with Gasteiger partial charge < -0.3 is 9.30 Å². The van der Waals surface area contributed by atoms with Gasteiger partial charge in [-0.3, -0.25) is 9.20 Å². The van der Waals surface area contributed by atoms with Crippen molar-refractivity contribution >= 4 is 17.7 Å². The van der Waals surface area contributed by atoms with E-state index in [9.17, 15) is 14.9 Å². The van der Waals surface area contributed by atoms with Crippen molar-refractivity contribution in [1.29, 1.82) is 5.26 Å². The summed E-state index contributed by atoms with van der Waals surface area (Å²) in [6.45, 7) is 8.56. The molecule has 0 aliphatic carbocycles. The number of nitrogens with zero attached hydrogens (tertiary/aromatic N) is 4. The van der Waals surface area contributed by atoms with Gasteiger partial charge in [0.1, 0.15) is 23.9 Å². The van der Waals surface area contributed by atoms with Gasteiger partial charge in [0.25, 0.3) is 5.56 Å². The number of fused-ring (bicyclic) bond motifs is 1. The molecule has 0 unspecified atom stereocenters. The highest BCUT2D eigenvalue weighted by molar-refractivity contribution is 5.98. The van der Waals surface area contributed by atoms with E-state index in [4.69, 9.17) is 4.74 Å². The van der Waals surface area contributed by atoms with Crippen LogP contribution in [-0.4, -0.2) is 19.9 Å². The number of esters is 1. The molecule has 0 aromatic carbocycles. The van der Waals surface area contributed by atoms with Gasteiger partial charge in [0.2, 0.25) is 0 Å². The highest BCUT2D eigenvalue weighted by atomic mass is 16.5. The van der Waals surface area contributed by atoms with Crippen molar-refractivity contribution in [3.63, 3.8) is 0 Å². The van der Waals surface area contributed by atoms with Gasteiger partial charge in [0.15, 0.2) is 0 Å². The minimum atomic E-state index is -0.746. The molecule has 0 N–H and O–H groups in total. The zero-order valence-electron chi connectivity index (χ0n) is 17.6. The van der Waals surface area contributed by atoms with Crippen LogP contribution in [0.2, 0.25) is 0 Å². The average Bonchev–Trinajstić information content (AvgIpc) is 2.97. The molecule has 7 heteroatoms. The lowest BCUT2D eigenvalue weighted by atomic mass is 10.1. The first-order valence-corrected chi connectivity index (χ1v) is 9.79. The monoisotopic (exact) mass is 404 g/mol. The van der Waals surface area contributed by atoms with Crippen molar-refractivity contribution in [3.8, 4) is 6.07 Å². The predicted molar refractivity (Wildman–Crippen MR) is 114 cm³/mol. The molecule has 3 aromatic heterocycles. The molecular weight excluding hydrogens is 380 g/mol. The summed E-state index contributed by atoms with van der Waals surface area (Å²) in [5.74, 6) is -0.746. The fourth-order valence-electron chi connectivity index (χ4n) is 3.49. The fraction of sp³-hybridized carbons (Fsp3) is 0.304. The van der Waals surface area contributed by atoms with Gasteiger partial charge in [0, 0.05) is 29.7 Å². The van der Waals surface area contributed by atoms with Gasteiger partial charge in [-0.1, -0.05) is 13.0 Å². The standard InChI is InChI=1S/C23H24N4O3/c1-5-9-26-16(3)10-18(17(26)4)11-19(13-24)23(29)30-14-20-12-22(28)27-15(2)7-6-8-21(27)25-20/h6-8,10-12H,5,9,14H2,1-4H3/b19-11+. The van der Waals surface area contributed by atoms with Crippen LogP contribution in [0.5, 0.6) is 0 Å². The lowest BCUT2D eigenvalue weighted by molar-refractivity contribution is -0.139. The maximum Gasteiger partial charge on any atom is 0.349 e.